The molecule has 5 rings (SSSR count). The Bertz CT molecular complexity index is 1110. The molecule has 2 unspecified atom stereocenters. The Kier molecular flexibility index (Phi) is 6.78. The molecule has 0 radical (unpaired) electrons. The number of anilines is 1. The molecule has 0 aliphatic carbocycles. The van der Waals surface area contributed by atoms with Gasteiger partial charge in [-0.25, -0.2) is 4.79 Å². The summed E-state index contributed by atoms with van der Waals surface area (Å²) in [5, 5.41) is 4.05. The fourth-order valence-corrected chi connectivity index (χ4v) is 5.52. The molecular weight excluding hydrogens is 475 g/mol. The molecule has 0 spiro atoms. The topological polar surface area (TPSA) is 70.9 Å². The van der Waals surface area contributed by atoms with Gasteiger partial charge in [-0.15, -0.1) is 0 Å². The number of ketones is 1. The maximum Gasteiger partial charge on any atom is 0.416 e. The molecule has 2 aromatic rings. The average Bonchev–Trinajstić information content (AvgIpc) is 3.59. The Morgan fingerprint density at radius 3 is 2.42 bits per heavy atom. The molecule has 2 atom stereocenters. The quantitative estimate of drug-likeness (QED) is 0.581. The van der Waals surface area contributed by atoms with Crippen molar-refractivity contribution in [1.82, 2.24) is 19.6 Å². The van der Waals surface area contributed by atoms with Gasteiger partial charge in [0.2, 0.25) is 0 Å². The van der Waals surface area contributed by atoms with Gasteiger partial charge in [-0.05, 0) is 29.5 Å². The number of halogens is 3. The third kappa shape index (κ3) is 4.99. The van der Waals surface area contributed by atoms with Crippen molar-refractivity contribution < 1.29 is 27.5 Å². The normalized spacial score (nSPS) is 22.8. The molecule has 3 saturated heterocycles. The zero-order valence-electron chi connectivity index (χ0n) is 20.2. The second-order valence-corrected chi connectivity index (χ2v) is 9.79. The Labute approximate surface area is 207 Å². The number of ether oxygens (including phenoxy) is 1. The van der Waals surface area contributed by atoms with Gasteiger partial charge in [0, 0.05) is 64.1 Å². The monoisotopic (exact) mass is 505 g/mol. The van der Waals surface area contributed by atoms with Crippen molar-refractivity contribution in [3.05, 3.63) is 47.3 Å². The summed E-state index contributed by atoms with van der Waals surface area (Å²) in [5.41, 5.74) is 0.675. The van der Waals surface area contributed by atoms with Gasteiger partial charge in [-0.3, -0.25) is 9.69 Å². The number of fused-ring (bicyclic) bond motifs is 1. The zero-order chi connectivity index (χ0) is 25.4. The number of likely N-dealkylation sites (tertiary alicyclic amines) is 2. The van der Waals surface area contributed by atoms with Gasteiger partial charge < -0.3 is 14.5 Å². The summed E-state index contributed by atoms with van der Waals surface area (Å²) < 4.78 is 48.3. The fraction of sp³-hybridized carbons (Fsp3) is 0.560. The number of hydrogen-bond donors (Lipinski definition) is 0. The van der Waals surface area contributed by atoms with Crippen LogP contribution in [0.5, 0.6) is 0 Å². The van der Waals surface area contributed by atoms with E-state index in [9.17, 15) is 22.8 Å². The molecule has 36 heavy (non-hydrogen) atoms. The van der Waals surface area contributed by atoms with E-state index < -0.39 is 11.7 Å². The standard InChI is InChI=1S/C25H30F3N5O3/c1-2-23(34)18-10-29-33(16-18)24(35)32-14-19-12-30(13-20(19)15-32)11-17-3-4-21(9-22(17)25(26,27)28)31-5-7-36-8-6-31/h3-4,9-10,16,19-20H,2,5-8,11-15H2,1H3. The molecule has 0 N–H and O–H groups in total. The molecule has 3 fully saturated rings. The summed E-state index contributed by atoms with van der Waals surface area (Å²) in [6, 6.07) is 4.36. The third-order valence-electron chi connectivity index (χ3n) is 7.42. The van der Waals surface area contributed by atoms with Crippen molar-refractivity contribution in [2.75, 3.05) is 57.4 Å². The molecule has 3 aliphatic rings. The summed E-state index contributed by atoms with van der Waals surface area (Å²) in [6.45, 7) is 6.48. The minimum absolute atomic E-state index is 0.0702. The number of nitrogens with zero attached hydrogens (tertiary/aromatic N) is 5. The number of alkyl halides is 3. The van der Waals surface area contributed by atoms with Crippen molar-refractivity contribution in [3.63, 3.8) is 0 Å². The van der Waals surface area contributed by atoms with Crippen LogP contribution < -0.4 is 4.90 Å². The lowest BCUT2D eigenvalue weighted by Crippen LogP contribution is -2.36. The van der Waals surface area contributed by atoms with Crippen LogP contribution in [0.25, 0.3) is 0 Å². The Hall–Kier alpha value is -2.92. The number of benzene rings is 1. The SMILES string of the molecule is CCC(=O)c1cnn(C(=O)N2CC3CN(Cc4ccc(N5CCOCC5)cc4C(F)(F)F)CC3C2)c1. The number of carbonyl (C=O) groups excluding carboxylic acids is 2. The Morgan fingerprint density at radius 1 is 1.08 bits per heavy atom. The van der Waals surface area contributed by atoms with Gasteiger partial charge in [0.1, 0.15) is 0 Å². The van der Waals surface area contributed by atoms with Crippen LogP contribution in [0.15, 0.2) is 30.6 Å². The van der Waals surface area contributed by atoms with Crippen LogP contribution in [-0.2, 0) is 17.5 Å². The van der Waals surface area contributed by atoms with E-state index in [-0.39, 0.29) is 35.8 Å². The lowest BCUT2D eigenvalue weighted by atomic mass is 10.0. The molecule has 194 valence electrons. The van der Waals surface area contributed by atoms with Crippen molar-refractivity contribution in [1.29, 1.82) is 0 Å². The van der Waals surface area contributed by atoms with Crippen LogP contribution in [0.1, 0.15) is 34.8 Å². The van der Waals surface area contributed by atoms with Crippen LogP contribution in [0.4, 0.5) is 23.7 Å². The van der Waals surface area contributed by atoms with Gasteiger partial charge in [0.15, 0.2) is 5.78 Å². The first kappa shape index (κ1) is 24.8. The first-order valence-corrected chi connectivity index (χ1v) is 12.3. The highest BCUT2D eigenvalue weighted by atomic mass is 19.4. The smallest absolute Gasteiger partial charge is 0.378 e. The number of morpholine rings is 1. The number of carbonyl (C=O) groups is 2. The highest BCUT2D eigenvalue weighted by molar-refractivity contribution is 5.96. The van der Waals surface area contributed by atoms with E-state index in [0.717, 1.165) is 0 Å². The summed E-state index contributed by atoms with van der Waals surface area (Å²) in [7, 11) is 0. The van der Waals surface area contributed by atoms with E-state index in [2.05, 4.69) is 10.00 Å². The maximum atomic E-state index is 13.9. The molecular formula is C25H30F3N5O3. The third-order valence-corrected chi connectivity index (χ3v) is 7.42. The van der Waals surface area contributed by atoms with Crippen molar-refractivity contribution in [3.8, 4) is 0 Å². The number of rotatable bonds is 5. The Balaban J connectivity index is 1.22. The molecule has 4 heterocycles. The van der Waals surface area contributed by atoms with E-state index >= 15 is 0 Å². The second-order valence-electron chi connectivity index (χ2n) is 9.79. The maximum absolute atomic E-state index is 13.9. The number of Topliss-reactive ketones (excluding diaryl/α,β-unsaturated/α-hetero) is 1. The minimum Gasteiger partial charge on any atom is -0.378 e. The summed E-state index contributed by atoms with van der Waals surface area (Å²) >= 11 is 0. The van der Waals surface area contributed by atoms with Gasteiger partial charge in [0.25, 0.3) is 0 Å². The molecule has 11 heteroatoms. The van der Waals surface area contributed by atoms with Crippen LogP contribution in [0.2, 0.25) is 0 Å². The predicted octanol–water partition coefficient (Wildman–Crippen LogP) is 3.36. The summed E-state index contributed by atoms with van der Waals surface area (Å²) in [4.78, 5) is 30.4. The lowest BCUT2D eigenvalue weighted by Gasteiger charge is -2.30. The molecule has 3 aliphatic heterocycles. The lowest BCUT2D eigenvalue weighted by molar-refractivity contribution is -0.138. The van der Waals surface area contributed by atoms with Gasteiger partial charge in [0.05, 0.1) is 30.5 Å². The molecule has 1 aromatic carbocycles. The number of amides is 1. The molecule has 0 saturated carbocycles. The van der Waals surface area contributed by atoms with Crippen molar-refractivity contribution >= 4 is 17.5 Å². The van der Waals surface area contributed by atoms with Crippen molar-refractivity contribution in [2.45, 2.75) is 26.1 Å². The molecule has 1 aromatic heterocycles. The highest BCUT2D eigenvalue weighted by Crippen LogP contribution is 2.37. The summed E-state index contributed by atoms with van der Waals surface area (Å²) in [6.07, 6.45) is -1.22. The second kappa shape index (κ2) is 9.85. The van der Waals surface area contributed by atoms with Crippen molar-refractivity contribution in [2.24, 2.45) is 11.8 Å². The van der Waals surface area contributed by atoms with Gasteiger partial charge in [-0.2, -0.15) is 23.0 Å². The summed E-state index contributed by atoms with van der Waals surface area (Å²) in [5.74, 6) is 0.325. The predicted molar refractivity (Wildman–Crippen MR) is 126 cm³/mol. The molecule has 0 bridgehead atoms. The van der Waals surface area contributed by atoms with Crippen LogP contribution >= 0.6 is 0 Å². The van der Waals surface area contributed by atoms with E-state index in [4.69, 9.17) is 4.74 Å². The van der Waals surface area contributed by atoms with Crippen LogP contribution in [0.3, 0.4) is 0 Å². The Morgan fingerprint density at radius 2 is 1.78 bits per heavy atom. The van der Waals surface area contributed by atoms with Crippen LogP contribution in [-0.4, -0.2) is 83.9 Å². The highest BCUT2D eigenvalue weighted by Gasteiger charge is 2.43. The molecule has 1 amide bonds. The van der Waals surface area contributed by atoms with E-state index in [1.807, 2.05) is 4.90 Å². The first-order valence-electron chi connectivity index (χ1n) is 12.3. The minimum atomic E-state index is -4.43. The zero-order valence-corrected chi connectivity index (χ0v) is 20.2. The van der Waals surface area contributed by atoms with Crippen LogP contribution in [0, 0.1) is 11.8 Å². The fourth-order valence-electron chi connectivity index (χ4n) is 5.52. The van der Waals surface area contributed by atoms with E-state index in [1.165, 1.54) is 23.1 Å². The average molecular weight is 506 g/mol. The van der Waals surface area contributed by atoms with Gasteiger partial charge in [-0.1, -0.05) is 13.0 Å². The van der Waals surface area contributed by atoms with E-state index in [0.29, 0.717) is 70.2 Å². The molecule has 8 nitrogen and oxygen atoms in total. The van der Waals surface area contributed by atoms with E-state index in [1.54, 1.807) is 24.0 Å². The number of aromatic nitrogens is 2. The largest absolute Gasteiger partial charge is 0.416 e. The van der Waals surface area contributed by atoms with Gasteiger partial charge >= 0.3 is 12.2 Å². The first-order chi connectivity index (χ1) is 17.2. The number of hydrogen-bond acceptors (Lipinski definition) is 6.